The minimum Gasteiger partial charge on any atom is -0.388 e. The number of β-amino-alcohol motifs (C(OH)–C–C–N with tert-alkyl or cyclic N) is 1. The van der Waals surface area contributed by atoms with Gasteiger partial charge in [0, 0.05) is 46.3 Å². The molecule has 0 bridgehead atoms. The van der Waals surface area contributed by atoms with Gasteiger partial charge in [0.2, 0.25) is 11.8 Å². The van der Waals surface area contributed by atoms with Gasteiger partial charge < -0.3 is 35.2 Å². The fraction of sp³-hybridized carbons (Fsp3) is 0.895. The highest BCUT2D eigenvalue weighted by atomic mass is 35.5. The van der Waals surface area contributed by atoms with E-state index >= 15 is 0 Å². The lowest BCUT2D eigenvalue weighted by Gasteiger charge is -2.33. The second kappa shape index (κ2) is 13.4. The van der Waals surface area contributed by atoms with E-state index in [2.05, 4.69) is 5.32 Å². The summed E-state index contributed by atoms with van der Waals surface area (Å²) in [6.07, 6.45) is -0.604. The zero-order chi connectivity index (χ0) is 20.5. The molecule has 2 saturated heterocycles. The van der Waals surface area contributed by atoms with E-state index in [0.29, 0.717) is 32.7 Å². The SMILES string of the molecule is CC(=O)N1CCN(C(=O)[C@H]2CCCNC2)CCCCOC[C@@H](O)[C@H](O)[C@@H](O)C1.Cl. The predicted molar refractivity (Wildman–Crippen MR) is 110 cm³/mol. The quantitative estimate of drug-likeness (QED) is 0.414. The highest BCUT2D eigenvalue weighted by Gasteiger charge is 2.29. The summed E-state index contributed by atoms with van der Waals surface area (Å²) in [5.41, 5.74) is 0. The summed E-state index contributed by atoms with van der Waals surface area (Å²) < 4.78 is 5.38. The zero-order valence-electron chi connectivity index (χ0n) is 17.2. The molecule has 10 heteroatoms. The molecule has 9 nitrogen and oxygen atoms in total. The van der Waals surface area contributed by atoms with Gasteiger partial charge in [-0.05, 0) is 32.2 Å². The number of rotatable bonds is 1. The van der Waals surface area contributed by atoms with E-state index in [0.717, 1.165) is 25.8 Å². The van der Waals surface area contributed by atoms with E-state index in [1.54, 1.807) is 4.90 Å². The van der Waals surface area contributed by atoms with Gasteiger partial charge in [-0.25, -0.2) is 0 Å². The molecule has 2 aliphatic rings. The van der Waals surface area contributed by atoms with Crippen LogP contribution in [0, 0.1) is 5.92 Å². The fourth-order valence-corrected chi connectivity index (χ4v) is 3.67. The first-order valence-electron chi connectivity index (χ1n) is 10.3. The maximum atomic E-state index is 13.0. The average molecular weight is 438 g/mol. The second-order valence-corrected chi connectivity index (χ2v) is 7.74. The Morgan fingerprint density at radius 2 is 1.72 bits per heavy atom. The molecule has 0 aliphatic carbocycles. The molecule has 0 saturated carbocycles. The third kappa shape index (κ3) is 8.35. The summed E-state index contributed by atoms with van der Waals surface area (Å²) in [5, 5.41) is 33.5. The Labute approximate surface area is 178 Å². The minimum atomic E-state index is -1.41. The molecule has 0 aromatic heterocycles. The number of aliphatic hydroxyl groups is 3. The van der Waals surface area contributed by atoms with Crippen molar-refractivity contribution in [3.63, 3.8) is 0 Å². The Hall–Kier alpha value is -0.970. The lowest BCUT2D eigenvalue weighted by molar-refractivity contribution is -0.140. The number of hydrogen-bond acceptors (Lipinski definition) is 7. The molecule has 0 aromatic carbocycles. The van der Waals surface area contributed by atoms with Gasteiger partial charge in [-0.3, -0.25) is 9.59 Å². The summed E-state index contributed by atoms with van der Waals surface area (Å²) in [4.78, 5) is 28.2. The van der Waals surface area contributed by atoms with Crippen LogP contribution < -0.4 is 5.32 Å². The van der Waals surface area contributed by atoms with Crippen LogP contribution in [0.5, 0.6) is 0 Å². The van der Waals surface area contributed by atoms with Crippen molar-refractivity contribution in [1.82, 2.24) is 15.1 Å². The molecule has 4 N–H and O–H groups in total. The molecule has 2 fully saturated rings. The Morgan fingerprint density at radius 3 is 2.38 bits per heavy atom. The Bertz CT molecular complexity index is 506. The van der Waals surface area contributed by atoms with E-state index in [1.165, 1.54) is 11.8 Å². The smallest absolute Gasteiger partial charge is 0.227 e. The van der Waals surface area contributed by atoms with Crippen LogP contribution >= 0.6 is 12.4 Å². The normalized spacial score (nSPS) is 30.8. The van der Waals surface area contributed by atoms with Crippen LogP contribution in [0.2, 0.25) is 0 Å². The van der Waals surface area contributed by atoms with E-state index in [9.17, 15) is 24.9 Å². The molecule has 0 unspecified atom stereocenters. The van der Waals surface area contributed by atoms with E-state index in [1.807, 2.05) is 0 Å². The molecule has 170 valence electrons. The van der Waals surface area contributed by atoms with Crippen LogP contribution in [0.15, 0.2) is 0 Å². The van der Waals surface area contributed by atoms with Crippen molar-refractivity contribution in [2.45, 2.75) is 50.9 Å². The van der Waals surface area contributed by atoms with Crippen LogP contribution in [0.4, 0.5) is 0 Å². The van der Waals surface area contributed by atoms with Crippen molar-refractivity contribution >= 4 is 24.2 Å². The fourth-order valence-electron chi connectivity index (χ4n) is 3.67. The Kier molecular flexibility index (Phi) is 12.0. The predicted octanol–water partition coefficient (Wildman–Crippen LogP) is -1.02. The Morgan fingerprint density at radius 1 is 1.00 bits per heavy atom. The maximum Gasteiger partial charge on any atom is 0.227 e. The first-order valence-corrected chi connectivity index (χ1v) is 10.3. The van der Waals surface area contributed by atoms with Crippen LogP contribution in [-0.4, -0.2) is 108 Å². The number of nitrogens with zero attached hydrogens (tertiary/aromatic N) is 2. The minimum absolute atomic E-state index is 0. The Balaban J connectivity index is 0.00000420. The number of ether oxygens (including phenoxy) is 1. The maximum absolute atomic E-state index is 13.0. The summed E-state index contributed by atoms with van der Waals surface area (Å²) in [7, 11) is 0. The first-order chi connectivity index (χ1) is 13.4. The number of amides is 2. The standard InChI is InChI=1S/C19H35N3O6.ClH/c1-14(23)22-9-8-21(19(27)15-5-4-6-20-11-15)7-2-3-10-28-13-17(25)18(26)16(24)12-22;/h15-18,20,24-26H,2-13H2,1H3;1H/t15-,16-,17+,18+;/m0./s1. The van der Waals surface area contributed by atoms with Gasteiger partial charge in [0.1, 0.15) is 18.3 Å². The van der Waals surface area contributed by atoms with Gasteiger partial charge in [-0.15, -0.1) is 12.4 Å². The largest absolute Gasteiger partial charge is 0.388 e. The number of carbonyl (C=O) groups is 2. The summed E-state index contributed by atoms with van der Waals surface area (Å²) >= 11 is 0. The van der Waals surface area contributed by atoms with Crippen molar-refractivity contribution in [2.24, 2.45) is 5.92 Å². The van der Waals surface area contributed by atoms with Crippen molar-refractivity contribution in [1.29, 1.82) is 0 Å². The molecule has 2 aliphatic heterocycles. The number of halogens is 1. The molecular formula is C19H36ClN3O6. The number of piperidine rings is 1. The van der Waals surface area contributed by atoms with Gasteiger partial charge in [0.05, 0.1) is 12.5 Å². The molecule has 29 heavy (non-hydrogen) atoms. The van der Waals surface area contributed by atoms with Crippen molar-refractivity contribution in [3.8, 4) is 0 Å². The summed E-state index contributed by atoms with van der Waals surface area (Å²) in [6.45, 7) is 4.45. The lowest BCUT2D eigenvalue weighted by atomic mass is 9.98. The van der Waals surface area contributed by atoms with Gasteiger partial charge in [0.15, 0.2) is 0 Å². The monoisotopic (exact) mass is 437 g/mol. The third-order valence-corrected chi connectivity index (χ3v) is 5.49. The molecule has 0 spiro atoms. The summed E-state index contributed by atoms with van der Waals surface area (Å²) in [5.74, 6) is -0.201. The lowest BCUT2D eigenvalue weighted by Crippen LogP contribution is -2.50. The number of aliphatic hydroxyl groups excluding tert-OH is 3. The topological polar surface area (TPSA) is 123 Å². The van der Waals surface area contributed by atoms with Gasteiger partial charge in [-0.2, -0.15) is 0 Å². The van der Waals surface area contributed by atoms with E-state index in [4.69, 9.17) is 4.74 Å². The van der Waals surface area contributed by atoms with Crippen LogP contribution in [0.1, 0.15) is 32.6 Å². The molecule has 2 rings (SSSR count). The molecule has 0 radical (unpaired) electrons. The van der Waals surface area contributed by atoms with Crippen molar-refractivity contribution < 1.29 is 29.6 Å². The summed E-state index contributed by atoms with van der Waals surface area (Å²) in [6, 6.07) is 0. The average Bonchev–Trinajstić information content (AvgIpc) is 2.70. The highest BCUT2D eigenvalue weighted by Crippen LogP contribution is 2.15. The number of nitrogens with one attached hydrogen (secondary N) is 1. The number of carbonyl (C=O) groups excluding carboxylic acids is 2. The van der Waals surface area contributed by atoms with Gasteiger partial charge in [0.25, 0.3) is 0 Å². The van der Waals surface area contributed by atoms with Gasteiger partial charge in [-0.1, -0.05) is 0 Å². The van der Waals surface area contributed by atoms with Crippen molar-refractivity contribution in [2.75, 3.05) is 52.5 Å². The van der Waals surface area contributed by atoms with Crippen LogP contribution in [0.3, 0.4) is 0 Å². The van der Waals surface area contributed by atoms with Crippen LogP contribution in [-0.2, 0) is 14.3 Å². The molecule has 4 atom stereocenters. The molecule has 2 heterocycles. The molecular weight excluding hydrogens is 402 g/mol. The van der Waals surface area contributed by atoms with E-state index < -0.39 is 18.3 Å². The van der Waals surface area contributed by atoms with E-state index in [-0.39, 0.29) is 49.8 Å². The third-order valence-electron chi connectivity index (χ3n) is 5.49. The first kappa shape index (κ1) is 26.1. The zero-order valence-corrected chi connectivity index (χ0v) is 18.0. The highest BCUT2D eigenvalue weighted by molar-refractivity contribution is 5.85. The molecule has 0 aromatic rings. The van der Waals surface area contributed by atoms with Gasteiger partial charge >= 0.3 is 0 Å². The van der Waals surface area contributed by atoms with Crippen LogP contribution in [0.25, 0.3) is 0 Å². The molecule has 2 amide bonds. The van der Waals surface area contributed by atoms with Crippen molar-refractivity contribution in [3.05, 3.63) is 0 Å². The second-order valence-electron chi connectivity index (χ2n) is 7.74. The number of hydrogen-bond donors (Lipinski definition) is 4.